The molecule has 0 aromatic heterocycles. The lowest BCUT2D eigenvalue weighted by atomic mass is 10.2. The van der Waals surface area contributed by atoms with Gasteiger partial charge in [-0.3, -0.25) is 14.4 Å². The number of hydrogen-bond donors (Lipinski definition) is 0. The summed E-state index contributed by atoms with van der Waals surface area (Å²) in [6.07, 6.45) is 0.807. The molecule has 19 heavy (non-hydrogen) atoms. The first-order valence-corrected chi connectivity index (χ1v) is 6.18. The Bertz CT molecular complexity index is 332. The summed E-state index contributed by atoms with van der Waals surface area (Å²) in [5.41, 5.74) is -0.564. The molecule has 0 aliphatic carbocycles. The van der Waals surface area contributed by atoms with Crippen LogP contribution < -0.4 is 0 Å². The van der Waals surface area contributed by atoms with E-state index in [4.69, 9.17) is 4.74 Å². The quantitative estimate of drug-likeness (QED) is 0.678. The molecule has 0 bridgehead atoms. The minimum Gasteiger partial charge on any atom is -0.469 e. The molecule has 6 heteroatoms. The summed E-state index contributed by atoms with van der Waals surface area (Å²) in [6, 6.07) is 0. The van der Waals surface area contributed by atoms with E-state index in [2.05, 4.69) is 4.74 Å². The van der Waals surface area contributed by atoms with Crippen molar-refractivity contribution in [3.63, 3.8) is 0 Å². The van der Waals surface area contributed by atoms with Crippen molar-refractivity contribution in [3.05, 3.63) is 0 Å². The molecule has 0 fully saturated rings. The van der Waals surface area contributed by atoms with Crippen LogP contribution in [0.25, 0.3) is 0 Å². The zero-order chi connectivity index (χ0) is 15.1. The maximum absolute atomic E-state index is 11.7. The van der Waals surface area contributed by atoms with Crippen LogP contribution in [0.4, 0.5) is 0 Å². The van der Waals surface area contributed by atoms with Crippen LogP contribution in [0, 0.1) is 0 Å². The van der Waals surface area contributed by atoms with Gasteiger partial charge >= 0.3 is 11.9 Å². The first-order valence-electron chi connectivity index (χ1n) is 6.18. The van der Waals surface area contributed by atoms with Crippen LogP contribution in [-0.4, -0.2) is 49.0 Å². The number of hydrogen-bond acceptors (Lipinski definition) is 5. The largest absolute Gasteiger partial charge is 0.469 e. The number of carbonyl (C=O) groups excluding carboxylic acids is 3. The second kappa shape index (κ2) is 7.76. The molecule has 0 radical (unpaired) electrons. The summed E-state index contributed by atoms with van der Waals surface area (Å²) < 4.78 is 9.59. The van der Waals surface area contributed by atoms with E-state index in [-0.39, 0.29) is 31.3 Å². The van der Waals surface area contributed by atoms with Crippen molar-refractivity contribution in [1.29, 1.82) is 0 Å². The van der Waals surface area contributed by atoms with Gasteiger partial charge in [0.05, 0.1) is 7.11 Å². The van der Waals surface area contributed by atoms with Crippen LogP contribution in [-0.2, 0) is 23.9 Å². The van der Waals surface area contributed by atoms with Crippen LogP contribution in [0.2, 0.25) is 0 Å². The van der Waals surface area contributed by atoms with E-state index < -0.39 is 11.6 Å². The van der Waals surface area contributed by atoms with E-state index in [0.29, 0.717) is 6.42 Å². The molecule has 0 saturated carbocycles. The highest BCUT2D eigenvalue weighted by atomic mass is 16.6. The summed E-state index contributed by atoms with van der Waals surface area (Å²) in [5.74, 6) is -0.992. The van der Waals surface area contributed by atoms with Crippen LogP contribution in [0.15, 0.2) is 0 Å². The van der Waals surface area contributed by atoms with Crippen LogP contribution >= 0.6 is 0 Å². The molecule has 0 heterocycles. The van der Waals surface area contributed by atoms with E-state index >= 15 is 0 Å². The minimum absolute atomic E-state index is 0.0890. The molecule has 0 aromatic rings. The second-order valence-electron chi connectivity index (χ2n) is 5.27. The Morgan fingerprint density at radius 2 is 1.63 bits per heavy atom. The van der Waals surface area contributed by atoms with Gasteiger partial charge in [-0.15, -0.1) is 0 Å². The number of nitrogens with zero attached hydrogens (tertiary/aromatic N) is 1. The summed E-state index contributed by atoms with van der Waals surface area (Å²) in [7, 11) is 2.84. The van der Waals surface area contributed by atoms with Gasteiger partial charge in [0.15, 0.2) is 0 Å². The van der Waals surface area contributed by atoms with Crippen molar-refractivity contribution in [2.24, 2.45) is 0 Å². The topological polar surface area (TPSA) is 72.9 Å². The lowest BCUT2D eigenvalue weighted by Crippen LogP contribution is -2.36. The summed E-state index contributed by atoms with van der Waals surface area (Å²) in [4.78, 5) is 35.4. The van der Waals surface area contributed by atoms with E-state index in [9.17, 15) is 14.4 Å². The SMILES string of the molecule is COC(=O)CCCC(=O)N(C)CC(=O)OC(C)(C)C. The number of amides is 1. The van der Waals surface area contributed by atoms with E-state index in [0.717, 1.165) is 0 Å². The van der Waals surface area contributed by atoms with Gasteiger partial charge in [-0.1, -0.05) is 0 Å². The fourth-order valence-electron chi connectivity index (χ4n) is 1.33. The molecule has 0 spiro atoms. The van der Waals surface area contributed by atoms with Gasteiger partial charge in [0.2, 0.25) is 5.91 Å². The number of ether oxygens (including phenoxy) is 2. The van der Waals surface area contributed by atoms with Crippen molar-refractivity contribution in [2.75, 3.05) is 20.7 Å². The van der Waals surface area contributed by atoms with Gasteiger partial charge in [0.25, 0.3) is 0 Å². The standard InChI is InChI=1S/C13H23NO5/c1-13(2,3)19-12(17)9-14(4)10(15)7-6-8-11(16)18-5/h6-9H2,1-5H3. The molecule has 0 aromatic carbocycles. The predicted molar refractivity (Wildman–Crippen MR) is 69.3 cm³/mol. The molecule has 0 saturated heterocycles. The first-order chi connectivity index (χ1) is 8.65. The van der Waals surface area contributed by atoms with Crippen molar-refractivity contribution in [3.8, 4) is 0 Å². The Hall–Kier alpha value is -1.59. The van der Waals surface area contributed by atoms with Crippen molar-refractivity contribution in [1.82, 2.24) is 4.90 Å². The molecule has 1 amide bonds. The molecule has 6 nitrogen and oxygen atoms in total. The Labute approximate surface area is 114 Å². The van der Waals surface area contributed by atoms with Crippen LogP contribution in [0.1, 0.15) is 40.0 Å². The van der Waals surface area contributed by atoms with E-state index in [1.807, 2.05) is 0 Å². The molecule has 0 aliphatic heterocycles. The number of esters is 2. The zero-order valence-electron chi connectivity index (χ0n) is 12.3. The first kappa shape index (κ1) is 17.4. The molecular weight excluding hydrogens is 250 g/mol. The highest BCUT2D eigenvalue weighted by Gasteiger charge is 2.19. The number of methoxy groups -OCH3 is 1. The van der Waals surface area contributed by atoms with E-state index in [1.165, 1.54) is 19.1 Å². The van der Waals surface area contributed by atoms with Gasteiger partial charge in [-0.05, 0) is 27.2 Å². The third kappa shape index (κ3) is 9.04. The number of rotatable bonds is 6. The maximum Gasteiger partial charge on any atom is 0.326 e. The Kier molecular flexibility index (Phi) is 7.11. The molecule has 0 unspecified atom stereocenters. The Balaban J connectivity index is 4.00. The zero-order valence-corrected chi connectivity index (χ0v) is 12.3. The molecule has 0 aliphatic rings. The van der Waals surface area contributed by atoms with Crippen molar-refractivity contribution >= 4 is 17.8 Å². The second-order valence-corrected chi connectivity index (χ2v) is 5.27. The lowest BCUT2D eigenvalue weighted by Gasteiger charge is -2.22. The normalized spacial score (nSPS) is 10.8. The Morgan fingerprint density at radius 1 is 1.05 bits per heavy atom. The van der Waals surface area contributed by atoms with E-state index in [1.54, 1.807) is 20.8 Å². The van der Waals surface area contributed by atoms with Gasteiger partial charge < -0.3 is 14.4 Å². The van der Waals surface area contributed by atoms with Crippen molar-refractivity contribution < 1.29 is 23.9 Å². The lowest BCUT2D eigenvalue weighted by molar-refractivity contribution is -0.158. The molecule has 0 N–H and O–H groups in total. The smallest absolute Gasteiger partial charge is 0.326 e. The highest BCUT2D eigenvalue weighted by molar-refractivity contribution is 5.82. The summed E-state index contributed by atoms with van der Waals surface area (Å²) in [6.45, 7) is 5.21. The number of carbonyl (C=O) groups is 3. The molecule has 110 valence electrons. The highest BCUT2D eigenvalue weighted by Crippen LogP contribution is 2.08. The fourth-order valence-corrected chi connectivity index (χ4v) is 1.33. The minimum atomic E-state index is -0.564. The third-order valence-corrected chi connectivity index (χ3v) is 2.21. The number of likely N-dealkylation sites (N-methyl/N-ethyl adjacent to an activating group) is 1. The Morgan fingerprint density at radius 3 is 2.11 bits per heavy atom. The maximum atomic E-state index is 11.7. The van der Waals surface area contributed by atoms with Gasteiger partial charge in [-0.25, -0.2) is 0 Å². The predicted octanol–water partition coefficient (Wildman–Crippen LogP) is 1.13. The summed E-state index contributed by atoms with van der Waals surface area (Å²) in [5, 5.41) is 0. The summed E-state index contributed by atoms with van der Waals surface area (Å²) >= 11 is 0. The molecule has 0 rings (SSSR count). The van der Waals surface area contributed by atoms with Crippen molar-refractivity contribution in [2.45, 2.75) is 45.6 Å². The van der Waals surface area contributed by atoms with Gasteiger partial charge in [0, 0.05) is 19.9 Å². The van der Waals surface area contributed by atoms with Gasteiger partial charge in [-0.2, -0.15) is 0 Å². The molecular formula is C13H23NO5. The average Bonchev–Trinajstić information content (AvgIpc) is 2.25. The van der Waals surface area contributed by atoms with Crippen LogP contribution in [0.5, 0.6) is 0 Å². The van der Waals surface area contributed by atoms with Gasteiger partial charge in [0.1, 0.15) is 12.1 Å². The van der Waals surface area contributed by atoms with Crippen LogP contribution in [0.3, 0.4) is 0 Å². The average molecular weight is 273 g/mol. The monoisotopic (exact) mass is 273 g/mol. The fraction of sp³-hybridized carbons (Fsp3) is 0.769. The molecule has 0 atom stereocenters. The third-order valence-electron chi connectivity index (χ3n) is 2.21.